The average molecular weight is 152 g/mol. The molecule has 2 aliphatic rings. The van der Waals surface area contributed by atoms with Crippen molar-refractivity contribution in [3.63, 3.8) is 0 Å². The van der Waals surface area contributed by atoms with Gasteiger partial charge >= 0.3 is 0 Å². The molecule has 0 aromatic carbocycles. The minimum Gasteiger partial charge on any atom is -0.0625 e. The molecule has 4 atom stereocenters. The lowest BCUT2D eigenvalue weighted by molar-refractivity contribution is 0.215. The van der Waals surface area contributed by atoms with Crippen molar-refractivity contribution in [3.05, 3.63) is 0 Å². The second kappa shape index (κ2) is 2.24. The fourth-order valence-electron chi connectivity index (χ4n) is 3.71. The van der Waals surface area contributed by atoms with E-state index in [4.69, 9.17) is 0 Å². The molecule has 0 N–H and O–H groups in total. The zero-order chi connectivity index (χ0) is 8.17. The lowest BCUT2D eigenvalue weighted by Gasteiger charge is -2.27. The number of hydrogen-bond donors (Lipinski definition) is 0. The van der Waals surface area contributed by atoms with Crippen LogP contribution < -0.4 is 0 Å². The standard InChI is InChI=1S/C11H20/c1-6(2)11-7(3)9-5-10(9)8(11)4/h6-11H,5H2,1-4H3. The molecule has 2 rings (SSSR count). The van der Waals surface area contributed by atoms with E-state index >= 15 is 0 Å². The first-order valence-electron chi connectivity index (χ1n) is 5.13. The number of rotatable bonds is 1. The van der Waals surface area contributed by atoms with E-state index in [1.165, 1.54) is 0 Å². The number of fused-ring (bicyclic) bond motifs is 1. The van der Waals surface area contributed by atoms with Crippen LogP contribution in [0.4, 0.5) is 0 Å². The zero-order valence-electron chi connectivity index (χ0n) is 8.17. The Hall–Kier alpha value is 0. The van der Waals surface area contributed by atoms with Crippen LogP contribution in [0.1, 0.15) is 34.1 Å². The molecule has 0 saturated heterocycles. The molecular formula is C11H20. The van der Waals surface area contributed by atoms with E-state index in [0.717, 1.165) is 35.5 Å². The monoisotopic (exact) mass is 152 g/mol. The maximum atomic E-state index is 2.47. The maximum absolute atomic E-state index is 2.47. The lowest BCUT2D eigenvalue weighted by atomic mass is 9.78. The molecule has 0 radical (unpaired) electrons. The lowest BCUT2D eigenvalue weighted by Crippen LogP contribution is -2.21. The van der Waals surface area contributed by atoms with Gasteiger partial charge in [-0.05, 0) is 41.9 Å². The molecule has 0 bridgehead atoms. The van der Waals surface area contributed by atoms with E-state index in [1.807, 2.05) is 0 Å². The summed E-state index contributed by atoms with van der Waals surface area (Å²) in [6.07, 6.45) is 1.55. The fourth-order valence-corrected chi connectivity index (χ4v) is 3.71. The van der Waals surface area contributed by atoms with Gasteiger partial charge in [-0.2, -0.15) is 0 Å². The van der Waals surface area contributed by atoms with Crippen molar-refractivity contribution in [2.24, 2.45) is 35.5 Å². The molecule has 0 aliphatic heterocycles. The minimum absolute atomic E-state index is 0.910. The molecule has 0 heteroatoms. The summed E-state index contributed by atoms with van der Waals surface area (Å²) >= 11 is 0. The molecule has 0 aromatic heterocycles. The van der Waals surface area contributed by atoms with Gasteiger partial charge in [-0.15, -0.1) is 0 Å². The van der Waals surface area contributed by atoms with Crippen molar-refractivity contribution in [1.82, 2.24) is 0 Å². The summed E-state index contributed by atoms with van der Waals surface area (Å²) in [7, 11) is 0. The van der Waals surface area contributed by atoms with Gasteiger partial charge in [0.25, 0.3) is 0 Å². The molecule has 0 amide bonds. The highest BCUT2D eigenvalue weighted by molar-refractivity contribution is 5.04. The molecule has 2 fully saturated rings. The second-order valence-electron chi connectivity index (χ2n) is 5.10. The summed E-state index contributed by atoms with van der Waals surface area (Å²) in [6.45, 7) is 9.72. The zero-order valence-corrected chi connectivity index (χ0v) is 8.17. The van der Waals surface area contributed by atoms with Crippen LogP contribution in [-0.4, -0.2) is 0 Å². The van der Waals surface area contributed by atoms with Crippen LogP contribution in [0.3, 0.4) is 0 Å². The SMILES string of the molecule is CC(C)C1C(C)C2CC2C1C. The molecule has 64 valence electrons. The normalized spacial score (nSPS) is 54.8. The third-order valence-electron chi connectivity index (χ3n) is 4.23. The van der Waals surface area contributed by atoms with Crippen molar-refractivity contribution in [1.29, 1.82) is 0 Å². The van der Waals surface area contributed by atoms with Crippen molar-refractivity contribution in [3.8, 4) is 0 Å². The van der Waals surface area contributed by atoms with Crippen molar-refractivity contribution < 1.29 is 0 Å². The van der Waals surface area contributed by atoms with E-state index in [1.54, 1.807) is 6.42 Å². The molecule has 4 unspecified atom stereocenters. The van der Waals surface area contributed by atoms with Crippen molar-refractivity contribution in [2.45, 2.75) is 34.1 Å². The van der Waals surface area contributed by atoms with Gasteiger partial charge in [-0.3, -0.25) is 0 Å². The van der Waals surface area contributed by atoms with Crippen LogP contribution in [0.15, 0.2) is 0 Å². The van der Waals surface area contributed by atoms with E-state index in [0.29, 0.717) is 0 Å². The highest BCUT2D eigenvalue weighted by Crippen LogP contribution is 2.62. The van der Waals surface area contributed by atoms with Gasteiger partial charge in [-0.1, -0.05) is 27.7 Å². The summed E-state index contributed by atoms with van der Waals surface area (Å²) in [5.41, 5.74) is 0. The van der Waals surface area contributed by atoms with Crippen molar-refractivity contribution >= 4 is 0 Å². The number of hydrogen-bond acceptors (Lipinski definition) is 0. The summed E-state index contributed by atoms with van der Waals surface area (Å²) in [4.78, 5) is 0. The topological polar surface area (TPSA) is 0 Å². The predicted molar refractivity (Wildman–Crippen MR) is 48.3 cm³/mol. The first-order chi connectivity index (χ1) is 5.13. The Morgan fingerprint density at radius 2 is 1.45 bits per heavy atom. The minimum atomic E-state index is 0.910. The molecule has 0 aromatic rings. The summed E-state index contributed by atoms with van der Waals surface area (Å²) in [5.74, 6) is 6.23. The fraction of sp³-hybridized carbons (Fsp3) is 1.00. The Kier molecular flexibility index (Phi) is 1.56. The van der Waals surface area contributed by atoms with Gasteiger partial charge in [0.2, 0.25) is 0 Å². The quantitative estimate of drug-likeness (QED) is 0.541. The maximum Gasteiger partial charge on any atom is -0.0334 e. The van der Waals surface area contributed by atoms with Crippen LogP contribution in [-0.2, 0) is 0 Å². The first kappa shape index (κ1) is 7.64. The summed E-state index contributed by atoms with van der Waals surface area (Å²) < 4.78 is 0. The Bertz CT molecular complexity index is 145. The van der Waals surface area contributed by atoms with Gasteiger partial charge in [0.15, 0.2) is 0 Å². The van der Waals surface area contributed by atoms with E-state index in [9.17, 15) is 0 Å². The van der Waals surface area contributed by atoms with Crippen LogP contribution in [0.25, 0.3) is 0 Å². The van der Waals surface area contributed by atoms with Gasteiger partial charge in [0.1, 0.15) is 0 Å². The van der Waals surface area contributed by atoms with Gasteiger partial charge < -0.3 is 0 Å². The molecule has 2 aliphatic carbocycles. The second-order valence-corrected chi connectivity index (χ2v) is 5.10. The van der Waals surface area contributed by atoms with Crippen LogP contribution in [0, 0.1) is 35.5 Å². The van der Waals surface area contributed by atoms with Crippen molar-refractivity contribution in [2.75, 3.05) is 0 Å². The predicted octanol–water partition coefficient (Wildman–Crippen LogP) is 3.18. The Morgan fingerprint density at radius 1 is 1.00 bits per heavy atom. The third kappa shape index (κ3) is 0.947. The largest absolute Gasteiger partial charge is 0.0625 e. The van der Waals surface area contributed by atoms with Gasteiger partial charge in [0.05, 0.1) is 0 Å². The molecule has 11 heavy (non-hydrogen) atoms. The van der Waals surface area contributed by atoms with Crippen LogP contribution >= 0.6 is 0 Å². The smallest absolute Gasteiger partial charge is 0.0334 e. The third-order valence-corrected chi connectivity index (χ3v) is 4.23. The van der Waals surface area contributed by atoms with Gasteiger partial charge in [0, 0.05) is 0 Å². The summed E-state index contributed by atoms with van der Waals surface area (Å²) in [5, 5.41) is 0. The van der Waals surface area contributed by atoms with Crippen LogP contribution in [0.2, 0.25) is 0 Å². The van der Waals surface area contributed by atoms with Gasteiger partial charge in [-0.25, -0.2) is 0 Å². The van der Waals surface area contributed by atoms with E-state index in [2.05, 4.69) is 27.7 Å². The molecule has 2 saturated carbocycles. The van der Waals surface area contributed by atoms with E-state index in [-0.39, 0.29) is 0 Å². The molecule has 0 heterocycles. The highest BCUT2D eigenvalue weighted by Gasteiger charge is 2.56. The Labute approximate surface area is 70.4 Å². The van der Waals surface area contributed by atoms with E-state index < -0.39 is 0 Å². The van der Waals surface area contributed by atoms with Crippen LogP contribution in [0.5, 0.6) is 0 Å². The Balaban J connectivity index is 2.10. The first-order valence-corrected chi connectivity index (χ1v) is 5.13. The summed E-state index contributed by atoms with van der Waals surface area (Å²) in [6, 6.07) is 0. The highest BCUT2D eigenvalue weighted by atomic mass is 14.6. The molecule has 0 spiro atoms. The Morgan fingerprint density at radius 3 is 1.73 bits per heavy atom. The molecular weight excluding hydrogens is 132 g/mol. The molecule has 0 nitrogen and oxygen atoms in total. The average Bonchev–Trinajstić information content (AvgIpc) is 2.59.